The highest BCUT2D eigenvalue weighted by Crippen LogP contribution is 2.22. The van der Waals surface area contributed by atoms with Crippen molar-refractivity contribution in [2.45, 2.75) is 19.8 Å². The first kappa shape index (κ1) is 10.3. The van der Waals surface area contributed by atoms with Crippen molar-refractivity contribution in [3.63, 3.8) is 0 Å². The van der Waals surface area contributed by atoms with E-state index in [0.29, 0.717) is 11.8 Å². The van der Waals surface area contributed by atoms with Gasteiger partial charge in [-0.25, -0.2) is 0 Å². The molecule has 0 radical (unpaired) electrons. The van der Waals surface area contributed by atoms with Crippen molar-refractivity contribution in [2.75, 3.05) is 13.6 Å². The minimum absolute atomic E-state index is 0.571. The molecule has 1 heterocycles. The second-order valence-electron chi connectivity index (χ2n) is 3.77. The lowest BCUT2D eigenvalue weighted by Gasteiger charge is -2.17. The topological polar surface area (TPSA) is 29.9 Å². The van der Waals surface area contributed by atoms with E-state index in [4.69, 9.17) is 0 Å². The maximum absolute atomic E-state index is 4.18. The maximum atomic E-state index is 4.18. The summed E-state index contributed by atoms with van der Waals surface area (Å²) in [5.41, 5.74) is 1.32. The summed E-state index contributed by atoms with van der Waals surface area (Å²) in [5, 5.41) is 7.37. The lowest BCUT2D eigenvalue weighted by atomic mass is 9.91. The van der Waals surface area contributed by atoms with Gasteiger partial charge in [-0.2, -0.15) is 5.10 Å². The Hall–Kier alpha value is -0.830. The van der Waals surface area contributed by atoms with Gasteiger partial charge in [-0.05, 0) is 31.0 Å². The fourth-order valence-corrected chi connectivity index (χ4v) is 1.50. The molecule has 13 heavy (non-hydrogen) atoms. The Morgan fingerprint density at radius 3 is 2.69 bits per heavy atom. The van der Waals surface area contributed by atoms with Crippen LogP contribution in [0.1, 0.15) is 25.3 Å². The van der Waals surface area contributed by atoms with Gasteiger partial charge in [-0.3, -0.25) is 4.68 Å². The van der Waals surface area contributed by atoms with Gasteiger partial charge in [0.05, 0.1) is 6.20 Å². The van der Waals surface area contributed by atoms with Crippen molar-refractivity contribution in [3.8, 4) is 0 Å². The van der Waals surface area contributed by atoms with E-state index in [-0.39, 0.29) is 0 Å². The van der Waals surface area contributed by atoms with Crippen LogP contribution < -0.4 is 5.32 Å². The van der Waals surface area contributed by atoms with Gasteiger partial charge in [0.25, 0.3) is 0 Å². The Morgan fingerprint density at radius 2 is 2.23 bits per heavy atom. The van der Waals surface area contributed by atoms with E-state index < -0.39 is 0 Å². The predicted octanol–water partition coefficient (Wildman–Crippen LogP) is 1.38. The van der Waals surface area contributed by atoms with Crippen molar-refractivity contribution in [1.29, 1.82) is 0 Å². The van der Waals surface area contributed by atoms with E-state index in [2.05, 4.69) is 30.5 Å². The molecule has 0 aliphatic heterocycles. The normalized spacial score (nSPS) is 15.7. The van der Waals surface area contributed by atoms with E-state index in [9.17, 15) is 0 Å². The first-order valence-electron chi connectivity index (χ1n) is 4.78. The van der Waals surface area contributed by atoms with Crippen molar-refractivity contribution < 1.29 is 0 Å². The standard InChI is InChI=1S/C10H19N3/c1-8(5-11-3)9(2)10-6-12-13(4)7-10/h6-9,11H,5H2,1-4H3. The van der Waals surface area contributed by atoms with E-state index in [1.165, 1.54) is 5.56 Å². The molecular weight excluding hydrogens is 162 g/mol. The fraction of sp³-hybridized carbons (Fsp3) is 0.700. The summed E-state index contributed by atoms with van der Waals surface area (Å²) >= 11 is 0. The summed E-state index contributed by atoms with van der Waals surface area (Å²) in [6.07, 6.45) is 4.05. The number of aromatic nitrogens is 2. The number of aryl methyl sites for hydroxylation is 1. The average Bonchev–Trinajstić information content (AvgIpc) is 2.51. The molecule has 1 aromatic heterocycles. The van der Waals surface area contributed by atoms with Gasteiger partial charge >= 0.3 is 0 Å². The van der Waals surface area contributed by atoms with Crippen LogP contribution in [0.4, 0.5) is 0 Å². The van der Waals surface area contributed by atoms with E-state index in [1.54, 1.807) is 0 Å². The monoisotopic (exact) mass is 181 g/mol. The van der Waals surface area contributed by atoms with Crippen LogP contribution in [-0.2, 0) is 7.05 Å². The van der Waals surface area contributed by atoms with Gasteiger partial charge in [0, 0.05) is 13.2 Å². The molecule has 0 spiro atoms. The molecule has 0 bridgehead atoms. The lowest BCUT2D eigenvalue weighted by molar-refractivity contribution is 0.466. The maximum Gasteiger partial charge on any atom is 0.0524 e. The predicted molar refractivity (Wildman–Crippen MR) is 54.7 cm³/mol. The second kappa shape index (κ2) is 4.42. The highest BCUT2D eigenvalue weighted by atomic mass is 15.2. The summed E-state index contributed by atoms with van der Waals surface area (Å²) in [4.78, 5) is 0. The molecule has 0 amide bonds. The molecule has 1 N–H and O–H groups in total. The summed E-state index contributed by atoms with van der Waals surface area (Å²) in [5.74, 6) is 1.22. The zero-order chi connectivity index (χ0) is 9.84. The van der Waals surface area contributed by atoms with Gasteiger partial charge in [-0.15, -0.1) is 0 Å². The molecule has 3 nitrogen and oxygen atoms in total. The second-order valence-corrected chi connectivity index (χ2v) is 3.77. The molecule has 3 heteroatoms. The van der Waals surface area contributed by atoms with Crippen LogP contribution in [0.15, 0.2) is 12.4 Å². The minimum Gasteiger partial charge on any atom is -0.319 e. The molecule has 2 unspecified atom stereocenters. The van der Waals surface area contributed by atoms with Crippen LogP contribution >= 0.6 is 0 Å². The van der Waals surface area contributed by atoms with Gasteiger partial charge < -0.3 is 5.32 Å². The summed E-state index contributed by atoms with van der Waals surface area (Å²) in [6.45, 7) is 5.56. The first-order chi connectivity index (χ1) is 6.15. The summed E-state index contributed by atoms with van der Waals surface area (Å²) < 4.78 is 1.86. The van der Waals surface area contributed by atoms with E-state index >= 15 is 0 Å². The number of rotatable bonds is 4. The third-order valence-electron chi connectivity index (χ3n) is 2.63. The van der Waals surface area contributed by atoms with Crippen LogP contribution in [0.3, 0.4) is 0 Å². The molecule has 0 aromatic carbocycles. The number of hydrogen-bond acceptors (Lipinski definition) is 2. The van der Waals surface area contributed by atoms with Crippen molar-refractivity contribution in [3.05, 3.63) is 18.0 Å². The van der Waals surface area contributed by atoms with Crippen molar-refractivity contribution in [1.82, 2.24) is 15.1 Å². The molecule has 74 valence electrons. The Kier molecular flexibility index (Phi) is 3.48. The van der Waals surface area contributed by atoms with E-state index in [0.717, 1.165) is 6.54 Å². The van der Waals surface area contributed by atoms with Crippen LogP contribution in [0.2, 0.25) is 0 Å². The molecule has 0 fully saturated rings. The third kappa shape index (κ3) is 2.56. The highest BCUT2D eigenvalue weighted by Gasteiger charge is 2.14. The van der Waals surface area contributed by atoms with Crippen LogP contribution in [-0.4, -0.2) is 23.4 Å². The third-order valence-corrected chi connectivity index (χ3v) is 2.63. The smallest absolute Gasteiger partial charge is 0.0524 e. The molecule has 2 atom stereocenters. The SMILES string of the molecule is CNCC(C)C(C)c1cnn(C)c1. The molecule has 0 aliphatic carbocycles. The van der Waals surface area contributed by atoms with Gasteiger partial charge in [-0.1, -0.05) is 13.8 Å². The minimum atomic E-state index is 0.571. The Labute approximate surface area is 80.1 Å². The van der Waals surface area contributed by atoms with E-state index in [1.807, 2.05) is 25.0 Å². The van der Waals surface area contributed by atoms with Crippen LogP contribution in [0.5, 0.6) is 0 Å². The first-order valence-corrected chi connectivity index (χ1v) is 4.78. The van der Waals surface area contributed by atoms with Crippen molar-refractivity contribution in [2.24, 2.45) is 13.0 Å². The number of nitrogens with zero attached hydrogens (tertiary/aromatic N) is 2. The van der Waals surface area contributed by atoms with Crippen LogP contribution in [0.25, 0.3) is 0 Å². The Morgan fingerprint density at radius 1 is 1.54 bits per heavy atom. The van der Waals surface area contributed by atoms with Gasteiger partial charge in [0.2, 0.25) is 0 Å². The molecular formula is C10H19N3. The zero-order valence-corrected chi connectivity index (χ0v) is 8.91. The summed E-state index contributed by atoms with van der Waals surface area (Å²) in [6, 6.07) is 0. The lowest BCUT2D eigenvalue weighted by Crippen LogP contribution is -2.20. The fourth-order valence-electron chi connectivity index (χ4n) is 1.50. The molecule has 1 rings (SSSR count). The van der Waals surface area contributed by atoms with Crippen molar-refractivity contribution >= 4 is 0 Å². The number of nitrogens with one attached hydrogen (secondary N) is 1. The quantitative estimate of drug-likeness (QED) is 0.760. The highest BCUT2D eigenvalue weighted by molar-refractivity contribution is 5.11. The van der Waals surface area contributed by atoms with Gasteiger partial charge in [0.1, 0.15) is 0 Å². The average molecular weight is 181 g/mol. The molecule has 0 saturated carbocycles. The Balaban J connectivity index is 2.61. The largest absolute Gasteiger partial charge is 0.319 e. The summed E-state index contributed by atoms with van der Waals surface area (Å²) in [7, 11) is 3.95. The molecule has 0 aliphatic rings. The zero-order valence-electron chi connectivity index (χ0n) is 8.91. The van der Waals surface area contributed by atoms with Gasteiger partial charge in [0.15, 0.2) is 0 Å². The molecule has 1 aromatic rings. The van der Waals surface area contributed by atoms with Crippen LogP contribution in [0, 0.1) is 5.92 Å². The number of hydrogen-bond donors (Lipinski definition) is 1. The molecule has 0 saturated heterocycles. The Bertz CT molecular complexity index is 254.